The zero-order chi connectivity index (χ0) is 15.2. The molecule has 0 saturated heterocycles. The summed E-state index contributed by atoms with van der Waals surface area (Å²) in [5, 5.41) is 13.2. The van der Waals surface area contributed by atoms with Crippen LogP contribution >= 0.6 is 12.4 Å². The van der Waals surface area contributed by atoms with Gasteiger partial charge in [-0.25, -0.2) is 0 Å². The van der Waals surface area contributed by atoms with Gasteiger partial charge in [-0.3, -0.25) is 9.89 Å². The van der Waals surface area contributed by atoms with Crippen LogP contribution in [0.15, 0.2) is 30.3 Å². The molecule has 0 spiro atoms. The zero-order valence-electron chi connectivity index (χ0n) is 12.8. The molecule has 2 heterocycles. The maximum atomic E-state index is 12.1. The number of ether oxygens (including phenoxy) is 1. The number of aromatic nitrogens is 2. The molecule has 0 saturated carbocycles. The van der Waals surface area contributed by atoms with Gasteiger partial charge in [-0.15, -0.1) is 12.4 Å². The van der Waals surface area contributed by atoms with E-state index in [2.05, 4.69) is 20.8 Å². The van der Waals surface area contributed by atoms with E-state index in [-0.39, 0.29) is 18.3 Å². The molecular weight excluding hydrogens is 316 g/mol. The van der Waals surface area contributed by atoms with Crippen LogP contribution in [0.25, 0.3) is 0 Å². The third kappa shape index (κ3) is 4.54. The van der Waals surface area contributed by atoms with E-state index in [0.717, 1.165) is 29.8 Å². The van der Waals surface area contributed by atoms with Crippen LogP contribution in [0, 0.1) is 0 Å². The number of hydrogen-bond acceptors (Lipinski definition) is 4. The first-order valence-electron chi connectivity index (χ1n) is 7.51. The molecule has 3 N–H and O–H groups in total. The first-order chi connectivity index (χ1) is 10.8. The van der Waals surface area contributed by atoms with Gasteiger partial charge in [-0.05, 0) is 5.56 Å². The average molecular weight is 337 g/mol. The number of carbonyl (C=O) groups excluding carboxylic acids is 1. The maximum Gasteiger partial charge on any atom is 0.272 e. The minimum Gasteiger partial charge on any atom is -0.375 e. The lowest BCUT2D eigenvalue weighted by Crippen LogP contribution is -2.30. The molecule has 7 heteroatoms. The number of carbonyl (C=O) groups is 1. The number of nitrogens with one attached hydrogen (secondary N) is 3. The number of H-pyrrole nitrogens is 1. The quantitative estimate of drug-likeness (QED) is 0.697. The summed E-state index contributed by atoms with van der Waals surface area (Å²) in [5.74, 6) is -0.149. The monoisotopic (exact) mass is 336 g/mol. The van der Waals surface area contributed by atoms with E-state index in [1.54, 1.807) is 0 Å². The Morgan fingerprint density at radius 2 is 2.13 bits per heavy atom. The summed E-state index contributed by atoms with van der Waals surface area (Å²) >= 11 is 0. The lowest BCUT2D eigenvalue weighted by atomic mass is 10.1. The van der Waals surface area contributed by atoms with Crippen LogP contribution < -0.4 is 10.6 Å². The lowest BCUT2D eigenvalue weighted by molar-refractivity contribution is 0.0895. The first kappa shape index (κ1) is 17.5. The van der Waals surface area contributed by atoms with Crippen LogP contribution in [-0.2, 0) is 24.3 Å². The summed E-state index contributed by atoms with van der Waals surface area (Å²) in [4.78, 5) is 12.1. The highest BCUT2D eigenvalue weighted by atomic mass is 35.5. The van der Waals surface area contributed by atoms with Gasteiger partial charge in [0.1, 0.15) is 0 Å². The third-order valence-electron chi connectivity index (χ3n) is 3.66. The molecule has 0 fully saturated rings. The number of rotatable bonds is 6. The van der Waals surface area contributed by atoms with Crippen molar-refractivity contribution in [3.8, 4) is 0 Å². The number of amides is 1. The predicted octanol–water partition coefficient (Wildman–Crippen LogP) is 1.42. The van der Waals surface area contributed by atoms with Crippen molar-refractivity contribution in [2.75, 3.05) is 19.7 Å². The van der Waals surface area contributed by atoms with Crippen molar-refractivity contribution >= 4 is 18.3 Å². The number of halogens is 1. The summed E-state index contributed by atoms with van der Waals surface area (Å²) in [7, 11) is 0. The fourth-order valence-corrected chi connectivity index (χ4v) is 2.50. The molecule has 1 aromatic heterocycles. The van der Waals surface area contributed by atoms with Crippen molar-refractivity contribution in [1.82, 2.24) is 20.8 Å². The summed E-state index contributed by atoms with van der Waals surface area (Å²) in [5.41, 5.74) is 3.66. The Labute approximate surface area is 141 Å². The average Bonchev–Trinajstić information content (AvgIpc) is 2.99. The molecule has 0 aliphatic carbocycles. The fraction of sp³-hybridized carbons (Fsp3) is 0.375. The van der Waals surface area contributed by atoms with Gasteiger partial charge in [0.25, 0.3) is 5.91 Å². The van der Waals surface area contributed by atoms with E-state index in [0.29, 0.717) is 32.0 Å². The van der Waals surface area contributed by atoms with Crippen LogP contribution in [0.4, 0.5) is 0 Å². The van der Waals surface area contributed by atoms with Crippen molar-refractivity contribution < 1.29 is 9.53 Å². The van der Waals surface area contributed by atoms with E-state index in [4.69, 9.17) is 4.74 Å². The molecule has 0 atom stereocenters. The highest BCUT2D eigenvalue weighted by molar-refractivity contribution is 5.94. The van der Waals surface area contributed by atoms with Gasteiger partial charge in [-0.2, -0.15) is 5.10 Å². The summed E-state index contributed by atoms with van der Waals surface area (Å²) in [6, 6.07) is 9.97. The van der Waals surface area contributed by atoms with E-state index < -0.39 is 0 Å². The van der Waals surface area contributed by atoms with Gasteiger partial charge in [0.05, 0.1) is 13.2 Å². The van der Waals surface area contributed by atoms with Crippen molar-refractivity contribution in [2.45, 2.75) is 19.6 Å². The molecule has 2 aromatic rings. The van der Waals surface area contributed by atoms with Gasteiger partial charge in [0.2, 0.25) is 0 Å². The van der Waals surface area contributed by atoms with Crippen LogP contribution in [0.1, 0.15) is 27.3 Å². The third-order valence-corrected chi connectivity index (χ3v) is 3.66. The van der Waals surface area contributed by atoms with Crippen LogP contribution in [-0.4, -0.2) is 35.8 Å². The standard InChI is InChI=1S/C16H20N4O2.ClH/c21-16(15-13-10-17-7-6-14(13)19-20-15)18-8-9-22-11-12-4-2-1-3-5-12;/h1-5,17H,6-11H2,(H,18,21)(H,19,20);1H. The smallest absolute Gasteiger partial charge is 0.272 e. The summed E-state index contributed by atoms with van der Waals surface area (Å²) in [6.07, 6.45) is 0.885. The molecule has 0 unspecified atom stereocenters. The predicted molar refractivity (Wildman–Crippen MR) is 89.7 cm³/mol. The van der Waals surface area contributed by atoms with E-state index in [9.17, 15) is 4.79 Å². The SMILES string of the molecule is Cl.O=C(NCCOCc1ccccc1)c1n[nH]c2c1CNCC2. The summed E-state index contributed by atoms with van der Waals surface area (Å²) in [6.45, 7) is 3.12. The molecule has 6 nitrogen and oxygen atoms in total. The van der Waals surface area contributed by atoms with Crippen LogP contribution in [0.2, 0.25) is 0 Å². The first-order valence-corrected chi connectivity index (χ1v) is 7.51. The Morgan fingerprint density at radius 1 is 1.30 bits per heavy atom. The molecule has 124 valence electrons. The van der Waals surface area contributed by atoms with Crippen LogP contribution in [0.5, 0.6) is 0 Å². The van der Waals surface area contributed by atoms with Crippen molar-refractivity contribution in [3.63, 3.8) is 0 Å². The highest BCUT2D eigenvalue weighted by Gasteiger charge is 2.20. The van der Waals surface area contributed by atoms with Gasteiger partial charge < -0.3 is 15.4 Å². The molecule has 23 heavy (non-hydrogen) atoms. The van der Waals surface area contributed by atoms with Crippen LogP contribution in [0.3, 0.4) is 0 Å². The Morgan fingerprint density at radius 3 is 2.96 bits per heavy atom. The largest absolute Gasteiger partial charge is 0.375 e. The lowest BCUT2D eigenvalue weighted by Gasteiger charge is -2.12. The molecule has 0 radical (unpaired) electrons. The molecule has 1 amide bonds. The maximum absolute atomic E-state index is 12.1. The van der Waals surface area contributed by atoms with Crippen molar-refractivity contribution in [3.05, 3.63) is 52.8 Å². The minimum absolute atomic E-state index is 0. The molecule has 0 bridgehead atoms. The van der Waals surface area contributed by atoms with Gasteiger partial charge >= 0.3 is 0 Å². The number of benzene rings is 1. The number of aromatic amines is 1. The van der Waals surface area contributed by atoms with E-state index in [1.165, 1.54) is 0 Å². The second-order valence-corrected chi connectivity index (χ2v) is 5.25. The van der Waals surface area contributed by atoms with Gasteiger partial charge in [-0.1, -0.05) is 30.3 Å². The second-order valence-electron chi connectivity index (χ2n) is 5.25. The number of fused-ring (bicyclic) bond motifs is 1. The topological polar surface area (TPSA) is 79.0 Å². The van der Waals surface area contributed by atoms with Crippen molar-refractivity contribution in [1.29, 1.82) is 0 Å². The molecule has 3 rings (SSSR count). The minimum atomic E-state index is -0.149. The Hall–Kier alpha value is -1.89. The number of nitrogens with zero attached hydrogens (tertiary/aromatic N) is 1. The Bertz CT molecular complexity index is 630. The second kappa shape index (κ2) is 8.67. The molecule has 1 aliphatic rings. The number of hydrogen-bond donors (Lipinski definition) is 3. The fourth-order valence-electron chi connectivity index (χ4n) is 2.50. The van der Waals surface area contributed by atoms with Gasteiger partial charge in [0.15, 0.2) is 5.69 Å². The molecule has 1 aromatic carbocycles. The molecule has 1 aliphatic heterocycles. The Balaban J connectivity index is 0.00000192. The van der Waals surface area contributed by atoms with E-state index in [1.807, 2.05) is 30.3 Å². The van der Waals surface area contributed by atoms with E-state index >= 15 is 0 Å². The summed E-state index contributed by atoms with van der Waals surface area (Å²) < 4.78 is 5.54. The van der Waals surface area contributed by atoms with Crippen molar-refractivity contribution in [2.24, 2.45) is 0 Å². The highest BCUT2D eigenvalue weighted by Crippen LogP contribution is 2.14. The Kier molecular flexibility index (Phi) is 6.58. The molecular formula is C16H21ClN4O2. The normalized spacial score (nSPS) is 13.0. The van der Waals surface area contributed by atoms with Gasteiger partial charge in [0, 0.05) is 37.3 Å². The zero-order valence-corrected chi connectivity index (χ0v) is 13.6.